The average Bonchev–Trinajstić information content (AvgIpc) is 3.22. The molecule has 218 valence electrons. The number of nitrogens with zero attached hydrogens (tertiary/aromatic N) is 1. The van der Waals surface area contributed by atoms with Crippen LogP contribution in [0.4, 0.5) is 0 Å². The fourth-order valence-corrected chi connectivity index (χ4v) is 5.11. The molecule has 1 saturated heterocycles. The molecule has 0 spiro atoms. The minimum Gasteiger partial charge on any atom is -0.434 e. The number of hydrogen-bond donors (Lipinski definition) is 4. The van der Waals surface area contributed by atoms with E-state index in [0.29, 0.717) is 18.7 Å². The van der Waals surface area contributed by atoms with E-state index >= 15 is 0 Å². The number of aliphatic hydroxyl groups excluding tert-OH is 1. The topological polar surface area (TPSA) is 137 Å². The molecule has 3 aromatic rings. The molecular weight excluding hydrogens is 536 g/mol. The van der Waals surface area contributed by atoms with Gasteiger partial charge in [-0.2, -0.15) is 0 Å². The number of ether oxygens (including phenoxy) is 1. The Morgan fingerprint density at radius 3 is 2.48 bits per heavy atom. The smallest absolute Gasteiger partial charge is 0.310 e. The molecule has 1 fully saturated rings. The summed E-state index contributed by atoms with van der Waals surface area (Å²) in [6.07, 6.45) is 0.605. The zero-order chi connectivity index (χ0) is 29.6. The third kappa shape index (κ3) is 7.20. The molecule has 42 heavy (non-hydrogen) atoms. The van der Waals surface area contributed by atoms with Gasteiger partial charge in [0.1, 0.15) is 12.1 Å². The van der Waals surface area contributed by atoms with Crippen LogP contribution in [-0.2, 0) is 25.7 Å². The van der Waals surface area contributed by atoms with Crippen molar-refractivity contribution < 1.29 is 29.0 Å². The van der Waals surface area contributed by atoms with Gasteiger partial charge in [0, 0.05) is 25.2 Å². The molecule has 3 amide bonds. The first kappa shape index (κ1) is 29.0. The van der Waals surface area contributed by atoms with Crippen molar-refractivity contribution in [3.8, 4) is 0 Å². The van der Waals surface area contributed by atoms with Crippen molar-refractivity contribution in [2.75, 3.05) is 19.6 Å². The predicted octanol–water partition coefficient (Wildman–Crippen LogP) is 1.95. The summed E-state index contributed by atoms with van der Waals surface area (Å²) < 4.78 is 4.70. The second-order valence-electron chi connectivity index (χ2n) is 10.7. The number of amides is 3. The fourth-order valence-electron chi connectivity index (χ4n) is 5.11. The Kier molecular flexibility index (Phi) is 8.94. The number of rotatable bonds is 9. The molecule has 3 unspecified atom stereocenters. The zero-order valence-electron chi connectivity index (χ0n) is 23.3. The highest BCUT2D eigenvalue weighted by atomic mass is 16.6. The van der Waals surface area contributed by atoms with Gasteiger partial charge in [-0.3, -0.25) is 19.2 Å². The van der Waals surface area contributed by atoms with Crippen LogP contribution in [0.2, 0.25) is 0 Å². The zero-order valence-corrected chi connectivity index (χ0v) is 23.3. The molecule has 0 aromatic heterocycles. The van der Waals surface area contributed by atoms with E-state index in [1.807, 2.05) is 67.6 Å². The van der Waals surface area contributed by atoms with Gasteiger partial charge in [-0.05, 0) is 47.4 Å². The van der Waals surface area contributed by atoms with E-state index in [1.54, 1.807) is 12.1 Å². The first-order valence-electron chi connectivity index (χ1n) is 13.9. The first-order valence-corrected chi connectivity index (χ1v) is 13.9. The van der Waals surface area contributed by atoms with Crippen LogP contribution in [0.5, 0.6) is 0 Å². The van der Waals surface area contributed by atoms with Gasteiger partial charge < -0.3 is 30.7 Å². The Balaban J connectivity index is 1.29. The summed E-state index contributed by atoms with van der Waals surface area (Å²) in [5, 5.41) is 20.6. The van der Waals surface area contributed by atoms with Crippen molar-refractivity contribution in [3.05, 3.63) is 95.1 Å². The van der Waals surface area contributed by atoms with E-state index in [0.717, 1.165) is 21.9 Å². The number of cyclic esters (lactones) is 1. The molecule has 0 aliphatic carbocycles. The second-order valence-corrected chi connectivity index (χ2v) is 10.7. The molecule has 5 rings (SSSR count). The Hall–Kier alpha value is -4.54. The second kappa shape index (κ2) is 13.0. The lowest BCUT2D eigenvalue weighted by molar-refractivity contribution is -0.155. The van der Waals surface area contributed by atoms with E-state index in [2.05, 4.69) is 16.0 Å². The Morgan fingerprint density at radius 2 is 1.74 bits per heavy atom. The summed E-state index contributed by atoms with van der Waals surface area (Å²) >= 11 is 0. The van der Waals surface area contributed by atoms with Crippen LogP contribution < -0.4 is 16.0 Å². The van der Waals surface area contributed by atoms with Crippen molar-refractivity contribution in [1.29, 1.82) is 0 Å². The first-order chi connectivity index (χ1) is 20.2. The highest BCUT2D eigenvalue weighted by Gasteiger charge is 2.36. The van der Waals surface area contributed by atoms with Gasteiger partial charge in [0.15, 0.2) is 0 Å². The molecule has 2 aliphatic rings. The van der Waals surface area contributed by atoms with Crippen LogP contribution >= 0.6 is 0 Å². The Bertz CT molecular complexity index is 1520. The van der Waals surface area contributed by atoms with E-state index in [4.69, 9.17) is 4.74 Å². The molecule has 0 saturated carbocycles. The lowest BCUT2D eigenvalue weighted by Gasteiger charge is -2.26. The summed E-state index contributed by atoms with van der Waals surface area (Å²) in [6.45, 7) is 3.00. The normalized spacial score (nSPS) is 20.6. The SMILES string of the molecule is Cc1ccc(CNCC2=CCC(NC(=O)c3ccc4ccccc4c3)C(=O)N(CC(=O)NC3CC(=O)OC3O)C2)cc1. The van der Waals surface area contributed by atoms with Crippen LogP contribution in [0, 0.1) is 6.92 Å². The molecule has 0 bridgehead atoms. The quantitative estimate of drug-likeness (QED) is 0.228. The number of carbonyl (C=O) groups is 4. The fraction of sp³-hybridized carbons (Fsp3) is 0.312. The number of esters is 1. The largest absolute Gasteiger partial charge is 0.434 e. The van der Waals surface area contributed by atoms with Crippen LogP contribution in [0.15, 0.2) is 78.4 Å². The minimum absolute atomic E-state index is 0.153. The number of carbonyl (C=O) groups excluding carboxylic acids is 4. The van der Waals surface area contributed by atoms with Crippen LogP contribution in [0.25, 0.3) is 10.8 Å². The maximum atomic E-state index is 13.6. The molecule has 4 N–H and O–H groups in total. The van der Waals surface area contributed by atoms with Crippen LogP contribution in [0.3, 0.4) is 0 Å². The maximum Gasteiger partial charge on any atom is 0.310 e. The molecule has 2 heterocycles. The third-order valence-electron chi connectivity index (χ3n) is 7.43. The molecule has 0 radical (unpaired) electrons. The third-order valence-corrected chi connectivity index (χ3v) is 7.43. The van der Waals surface area contributed by atoms with Gasteiger partial charge in [-0.25, -0.2) is 0 Å². The maximum absolute atomic E-state index is 13.6. The highest BCUT2D eigenvalue weighted by Crippen LogP contribution is 2.18. The van der Waals surface area contributed by atoms with Crippen molar-refractivity contribution >= 4 is 34.5 Å². The molecule has 3 aromatic carbocycles. The number of fused-ring (bicyclic) bond motifs is 1. The molecule has 10 nitrogen and oxygen atoms in total. The Labute approximate surface area is 243 Å². The van der Waals surface area contributed by atoms with Crippen molar-refractivity contribution in [3.63, 3.8) is 0 Å². The lowest BCUT2D eigenvalue weighted by atomic mass is 10.1. The molecule has 10 heteroatoms. The summed E-state index contributed by atoms with van der Waals surface area (Å²) in [6, 6.07) is 19.5. The van der Waals surface area contributed by atoms with Crippen molar-refractivity contribution in [2.45, 2.75) is 44.7 Å². The summed E-state index contributed by atoms with van der Waals surface area (Å²) in [4.78, 5) is 52.6. The summed E-state index contributed by atoms with van der Waals surface area (Å²) in [5.74, 6) is -1.94. The van der Waals surface area contributed by atoms with Crippen LogP contribution in [-0.4, -0.2) is 71.7 Å². The predicted molar refractivity (Wildman–Crippen MR) is 156 cm³/mol. The van der Waals surface area contributed by atoms with Gasteiger partial charge in [0.25, 0.3) is 5.91 Å². The van der Waals surface area contributed by atoms with Gasteiger partial charge >= 0.3 is 5.97 Å². The molecular formula is C32H34N4O6. The summed E-state index contributed by atoms with van der Waals surface area (Å²) in [5.41, 5.74) is 3.62. The van der Waals surface area contributed by atoms with E-state index in [1.165, 1.54) is 10.5 Å². The van der Waals surface area contributed by atoms with Gasteiger partial charge in [0.2, 0.25) is 18.1 Å². The molecule has 2 aliphatic heterocycles. The highest BCUT2D eigenvalue weighted by molar-refractivity contribution is 6.01. The average molecular weight is 571 g/mol. The number of nitrogens with one attached hydrogen (secondary N) is 3. The van der Waals surface area contributed by atoms with Crippen molar-refractivity contribution in [1.82, 2.24) is 20.9 Å². The molecule has 3 atom stereocenters. The van der Waals surface area contributed by atoms with E-state index < -0.39 is 36.2 Å². The number of aryl methyl sites for hydroxylation is 1. The van der Waals surface area contributed by atoms with E-state index in [9.17, 15) is 24.3 Å². The number of hydrogen-bond acceptors (Lipinski definition) is 7. The lowest BCUT2D eigenvalue weighted by Crippen LogP contribution is -2.52. The van der Waals surface area contributed by atoms with E-state index in [-0.39, 0.29) is 31.8 Å². The van der Waals surface area contributed by atoms with Crippen LogP contribution in [0.1, 0.15) is 34.3 Å². The van der Waals surface area contributed by atoms with Crippen molar-refractivity contribution in [2.24, 2.45) is 0 Å². The number of benzene rings is 3. The van der Waals surface area contributed by atoms with Gasteiger partial charge in [-0.1, -0.05) is 66.2 Å². The Morgan fingerprint density at radius 1 is 0.976 bits per heavy atom. The minimum atomic E-state index is -1.43. The summed E-state index contributed by atoms with van der Waals surface area (Å²) in [7, 11) is 0. The monoisotopic (exact) mass is 570 g/mol. The van der Waals surface area contributed by atoms with Gasteiger partial charge in [0.05, 0.1) is 13.0 Å². The standard InChI is InChI=1S/C32H34N4O6/c1-20-6-8-21(9-7-20)16-33-17-22-10-13-26(35-30(39)25-12-11-23-4-2-3-5-24(23)14-25)31(40)36(18-22)19-28(37)34-27-15-29(38)42-32(27)41/h2-12,14,26-27,32-33,41H,13,15-19H2,1H3,(H,34,37)(H,35,39). The van der Waals surface area contributed by atoms with Gasteiger partial charge in [-0.15, -0.1) is 0 Å². The number of aliphatic hydroxyl groups is 1.